The first-order valence-corrected chi connectivity index (χ1v) is 7.82. The van der Waals surface area contributed by atoms with Crippen molar-refractivity contribution in [1.82, 2.24) is 0 Å². The normalized spacial score (nSPS) is 25.7. The minimum Gasteiger partial charge on any atom is -0.0652 e. The molecule has 1 aromatic rings. The third kappa shape index (κ3) is 3.01. The molecule has 2 rings (SSSR count). The molecule has 82 valence electrons. The molecule has 0 saturated carbocycles. The predicted molar refractivity (Wildman–Crippen MR) is 70.7 cm³/mol. The van der Waals surface area contributed by atoms with Crippen LogP contribution in [0, 0.1) is 0 Å². The number of hydrogen-bond acceptors (Lipinski definition) is 0. The Kier molecular flexibility index (Phi) is 4.13. The van der Waals surface area contributed by atoms with Gasteiger partial charge < -0.3 is 0 Å². The van der Waals surface area contributed by atoms with Gasteiger partial charge in [-0.05, 0) is 22.9 Å². The Morgan fingerprint density at radius 2 is 2.07 bits per heavy atom. The molecule has 1 heteroatoms. The highest BCUT2D eigenvalue weighted by Gasteiger charge is 2.32. The van der Waals surface area contributed by atoms with E-state index in [9.17, 15) is 0 Å². The van der Waals surface area contributed by atoms with E-state index in [4.69, 9.17) is 0 Å². The van der Waals surface area contributed by atoms with Crippen molar-refractivity contribution in [2.75, 3.05) is 17.3 Å². The molecule has 2 unspecified atom stereocenters. The second-order valence-corrected chi connectivity index (χ2v) is 6.81. The van der Waals surface area contributed by atoms with E-state index < -0.39 is 0 Å². The van der Waals surface area contributed by atoms with E-state index in [-0.39, 0.29) is 0 Å². The Labute approximate surface area is 96.4 Å². The highest BCUT2D eigenvalue weighted by molar-refractivity contribution is 7.97. The Morgan fingerprint density at radius 3 is 2.80 bits per heavy atom. The third-order valence-corrected chi connectivity index (χ3v) is 5.80. The lowest BCUT2D eigenvalue weighted by atomic mass is 9.99. The lowest BCUT2D eigenvalue weighted by molar-refractivity contribution is 0.782. The molecule has 0 aliphatic carbocycles. The van der Waals surface area contributed by atoms with E-state index in [2.05, 4.69) is 37.3 Å². The fourth-order valence-corrected chi connectivity index (χ4v) is 5.06. The van der Waals surface area contributed by atoms with Crippen LogP contribution >= 0.6 is 0 Å². The van der Waals surface area contributed by atoms with Gasteiger partial charge in [-0.3, -0.25) is 0 Å². The molecule has 0 nitrogen and oxygen atoms in total. The molecule has 15 heavy (non-hydrogen) atoms. The maximum atomic E-state index is 2.30. The summed E-state index contributed by atoms with van der Waals surface area (Å²) in [4.78, 5) is 0. The van der Waals surface area contributed by atoms with Crippen molar-refractivity contribution >= 4 is 10.9 Å². The van der Waals surface area contributed by atoms with Crippen molar-refractivity contribution in [1.29, 1.82) is 0 Å². The third-order valence-electron chi connectivity index (χ3n) is 3.25. The summed E-state index contributed by atoms with van der Waals surface area (Å²) in [5.41, 5.74) is 1.57. The van der Waals surface area contributed by atoms with E-state index in [1.165, 1.54) is 36.5 Å². The van der Waals surface area contributed by atoms with Gasteiger partial charge in [-0.15, -0.1) is 0 Å². The van der Waals surface area contributed by atoms with Gasteiger partial charge >= 0.3 is 0 Å². The molecule has 1 aliphatic rings. The van der Waals surface area contributed by atoms with Crippen LogP contribution < -0.4 is 0 Å². The molecule has 0 N–H and O–H groups in total. The smallest absolute Gasteiger partial charge is 0.0652 e. The predicted octanol–water partition coefficient (Wildman–Crippen LogP) is 3.59. The van der Waals surface area contributed by atoms with E-state index in [0.717, 1.165) is 16.8 Å². The van der Waals surface area contributed by atoms with Crippen molar-refractivity contribution in [2.24, 2.45) is 0 Å². The Bertz CT molecular complexity index is 281. The van der Waals surface area contributed by atoms with Gasteiger partial charge in [0.2, 0.25) is 0 Å². The first kappa shape index (κ1) is 11.1. The molecule has 0 bridgehead atoms. The van der Waals surface area contributed by atoms with Gasteiger partial charge in [0.1, 0.15) is 17.3 Å². The van der Waals surface area contributed by atoms with Crippen molar-refractivity contribution in [3.63, 3.8) is 0 Å². The number of hydrogen-bond donors (Lipinski definition) is 0. The summed E-state index contributed by atoms with van der Waals surface area (Å²) in [7, 11) is 0.742. The van der Waals surface area contributed by atoms with Crippen molar-refractivity contribution < 1.29 is 0 Å². The Hall–Kier alpha value is -0.430. The second kappa shape index (κ2) is 5.60. The minimum absolute atomic E-state index is 0.742. The second-order valence-electron chi connectivity index (χ2n) is 4.44. The molecule has 1 aliphatic heterocycles. The highest BCUT2D eigenvalue weighted by atomic mass is 32.2. The average Bonchev–Trinajstić information content (AvgIpc) is 2.76. The summed E-state index contributed by atoms with van der Waals surface area (Å²) in [5.74, 6) is 5.30. The zero-order valence-corrected chi connectivity index (χ0v) is 10.4. The molecule has 0 radical (unpaired) electrons. The summed E-state index contributed by atoms with van der Waals surface area (Å²) < 4.78 is 0. The van der Waals surface area contributed by atoms with Gasteiger partial charge in [0.15, 0.2) is 0 Å². The quantitative estimate of drug-likeness (QED) is 0.682. The van der Waals surface area contributed by atoms with Gasteiger partial charge in [0, 0.05) is 12.3 Å². The van der Waals surface area contributed by atoms with Crippen LogP contribution in [0.1, 0.15) is 37.7 Å². The highest BCUT2D eigenvalue weighted by Crippen LogP contribution is 2.30. The fourth-order valence-electron chi connectivity index (χ4n) is 2.28. The van der Waals surface area contributed by atoms with Gasteiger partial charge in [0.25, 0.3) is 0 Å². The molecule has 0 spiro atoms. The molecule has 1 heterocycles. The standard InChI is InChI=1S/C14H21S/c1-2-3-10-15-11-9-14(12-15)13-7-5-4-6-8-13/h4-8,14H,2-3,9-12H2,1H3/q+1. The van der Waals surface area contributed by atoms with Gasteiger partial charge in [0.05, 0.1) is 0 Å². The zero-order chi connectivity index (χ0) is 10.5. The van der Waals surface area contributed by atoms with Crippen LogP contribution in [-0.4, -0.2) is 17.3 Å². The largest absolute Gasteiger partial charge is 0.115 e. The molecule has 1 saturated heterocycles. The van der Waals surface area contributed by atoms with E-state index in [0.29, 0.717) is 0 Å². The van der Waals surface area contributed by atoms with Crippen LogP contribution in [0.25, 0.3) is 0 Å². The van der Waals surface area contributed by atoms with Gasteiger partial charge in [-0.25, -0.2) is 0 Å². The van der Waals surface area contributed by atoms with Crippen LogP contribution in [0.3, 0.4) is 0 Å². The fraction of sp³-hybridized carbons (Fsp3) is 0.571. The minimum atomic E-state index is 0.742. The van der Waals surface area contributed by atoms with E-state index in [1.54, 1.807) is 5.56 Å². The number of rotatable bonds is 4. The van der Waals surface area contributed by atoms with Crippen molar-refractivity contribution in [2.45, 2.75) is 32.1 Å². The molecule has 1 fully saturated rings. The van der Waals surface area contributed by atoms with Crippen molar-refractivity contribution in [3.05, 3.63) is 35.9 Å². The zero-order valence-electron chi connectivity index (χ0n) is 9.61. The average molecular weight is 221 g/mol. The lowest BCUT2D eigenvalue weighted by Gasteiger charge is -2.05. The molecular weight excluding hydrogens is 200 g/mol. The van der Waals surface area contributed by atoms with Crippen molar-refractivity contribution in [3.8, 4) is 0 Å². The first-order chi connectivity index (χ1) is 7.40. The van der Waals surface area contributed by atoms with Crippen LogP contribution in [-0.2, 0) is 10.9 Å². The summed E-state index contributed by atoms with van der Waals surface area (Å²) in [6.07, 6.45) is 4.22. The Balaban J connectivity index is 1.87. The van der Waals surface area contributed by atoms with Crippen LogP contribution in [0.15, 0.2) is 30.3 Å². The van der Waals surface area contributed by atoms with Gasteiger partial charge in [-0.1, -0.05) is 43.7 Å². The molecule has 2 atom stereocenters. The van der Waals surface area contributed by atoms with Crippen LogP contribution in [0.4, 0.5) is 0 Å². The summed E-state index contributed by atoms with van der Waals surface area (Å²) in [6, 6.07) is 11.1. The summed E-state index contributed by atoms with van der Waals surface area (Å²) in [6.45, 7) is 2.30. The monoisotopic (exact) mass is 221 g/mol. The molecular formula is C14H21S+. The van der Waals surface area contributed by atoms with Gasteiger partial charge in [-0.2, -0.15) is 0 Å². The van der Waals surface area contributed by atoms with Crippen LogP contribution in [0.2, 0.25) is 0 Å². The maximum Gasteiger partial charge on any atom is 0.115 e. The molecule has 1 aromatic carbocycles. The SMILES string of the molecule is CCCC[S+]1CCC(c2ccccc2)C1. The summed E-state index contributed by atoms with van der Waals surface area (Å²) >= 11 is 0. The first-order valence-electron chi connectivity index (χ1n) is 6.09. The number of unbranched alkanes of at least 4 members (excludes halogenated alkanes) is 1. The maximum absolute atomic E-state index is 2.30. The van der Waals surface area contributed by atoms with E-state index >= 15 is 0 Å². The molecule has 0 aromatic heterocycles. The lowest BCUT2D eigenvalue weighted by Crippen LogP contribution is -2.10. The number of benzene rings is 1. The van der Waals surface area contributed by atoms with E-state index in [1.807, 2.05) is 0 Å². The summed E-state index contributed by atoms with van der Waals surface area (Å²) in [5, 5.41) is 0. The Morgan fingerprint density at radius 1 is 1.27 bits per heavy atom. The molecule has 0 amide bonds. The van der Waals surface area contributed by atoms with Crippen LogP contribution in [0.5, 0.6) is 0 Å². The topological polar surface area (TPSA) is 0 Å².